The molecule has 4 amide bonds. The van der Waals surface area contributed by atoms with Crippen LogP contribution < -0.4 is 15.5 Å². The van der Waals surface area contributed by atoms with Gasteiger partial charge in [0.1, 0.15) is 0 Å². The molecule has 0 bridgehead atoms. The lowest BCUT2D eigenvalue weighted by Crippen LogP contribution is -2.52. The second kappa shape index (κ2) is 5.94. The zero-order valence-corrected chi connectivity index (χ0v) is 15.5. The molecule has 2 aliphatic heterocycles. The molecule has 0 radical (unpaired) electrons. The van der Waals surface area contributed by atoms with Crippen molar-refractivity contribution in [2.24, 2.45) is 0 Å². The molecule has 1 unspecified atom stereocenters. The average Bonchev–Trinajstić information content (AvgIpc) is 3.05. The Morgan fingerprint density at radius 2 is 1.74 bits per heavy atom. The summed E-state index contributed by atoms with van der Waals surface area (Å²) in [6.45, 7) is 6.48. The first-order valence-corrected chi connectivity index (χ1v) is 8.98. The molecule has 2 aromatic carbocycles. The van der Waals surface area contributed by atoms with E-state index in [1.54, 1.807) is 11.0 Å². The zero-order valence-electron chi connectivity index (χ0n) is 15.5. The lowest BCUT2D eigenvalue weighted by Gasteiger charge is -2.21. The summed E-state index contributed by atoms with van der Waals surface area (Å²) >= 11 is 0. The Bertz CT molecular complexity index is 965. The summed E-state index contributed by atoms with van der Waals surface area (Å²) in [5, 5.41) is 4.77. The number of amides is 4. The number of aryl methyl sites for hydroxylation is 1. The maximum atomic E-state index is 13.3. The molecule has 6 heteroatoms. The van der Waals surface area contributed by atoms with E-state index in [0.29, 0.717) is 23.7 Å². The van der Waals surface area contributed by atoms with Crippen LogP contribution in [0.15, 0.2) is 42.5 Å². The number of hydrogen-bond acceptors (Lipinski definition) is 3. The summed E-state index contributed by atoms with van der Waals surface area (Å²) in [5.41, 5.74) is 2.60. The van der Waals surface area contributed by atoms with Crippen molar-refractivity contribution in [2.75, 3.05) is 4.90 Å². The third-order valence-electron chi connectivity index (χ3n) is 5.27. The summed E-state index contributed by atoms with van der Waals surface area (Å²) in [4.78, 5) is 39.2. The van der Waals surface area contributed by atoms with Gasteiger partial charge in [-0.05, 0) is 30.0 Å². The number of imide groups is 1. The Morgan fingerprint density at radius 3 is 2.33 bits per heavy atom. The van der Waals surface area contributed by atoms with Gasteiger partial charge in [-0.1, -0.05) is 55.8 Å². The highest BCUT2D eigenvalue weighted by Gasteiger charge is 2.61. The van der Waals surface area contributed by atoms with Crippen LogP contribution in [0.4, 0.5) is 10.5 Å². The predicted molar refractivity (Wildman–Crippen MR) is 101 cm³/mol. The van der Waals surface area contributed by atoms with E-state index in [-0.39, 0.29) is 0 Å². The van der Waals surface area contributed by atoms with E-state index in [1.807, 2.05) is 31.2 Å². The zero-order chi connectivity index (χ0) is 19.3. The van der Waals surface area contributed by atoms with Crippen LogP contribution in [0.3, 0.4) is 0 Å². The molecule has 2 N–H and O–H groups in total. The quantitative estimate of drug-likeness (QED) is 0.650. The Morgan fingerprint density at radius 1 is 1.04 bits per heavy atom. The highest BCUT2D eigenvalue weighted by atomic mass is 16.2. The van der Waals surface area contributed by atoms with E-state index in [1.165, 1.54) is 5.56 Å². The Balaban J connectivity index is 1.75. The lowest BCUT2D eigenvalue weighted by atomic mass is 9.90. The molecule has 1 spiro atoms. The molecule has 2 heterocycles. The third-order valence-corrected chi connectivity index (χ3v) is 5.27. The molecule has 0 saturated carbocycles. The lowest BCUT2D eigenvalue weighted by molar-refractivity contribution is -0.134. The SMILES string of the molecule is Cc1ccc2c(c1)C1(NC(=O)NC1=O)C(=O)N2Cc1ccc(C(C)C)cc1. The van der Waals surface area contributed by atoms with Crippen LogP contribution in [0, 0.1) is 6.92 Å². The van der Waals surface area contributed by atoms with E-state index < -0.39 is 23.4 Å². The number of carbonyl (C=O) groups is 3. The van der Waals surface area contributed by atoms with Gasteiger partial charge in [0, 0.05) is 5.56 Å². The van der Waals surface area contributed by atoms with Crippen molar-refractivity contribution in [3.05, 3.63) is 64.7 Å². The molecule has 1 atom stereocenters. The number of carbonyl (C=O) groups excluding carboxylic acids is 3. The number of urea groups is 1. The van der Waals surface area contributed by atoms with E-state index in [4.69, 9.17) is 0 Å². The monoisotopic (exact) mass is 363 g/mol. The maximum Gasteiger partial charge on any atom is 0.323 e. The van der Waals surface area contributed by atoms with Crippen LogP contribution in [0.2, 0.25) is 0 Å². The summed E-state index contributed by atoms with van der Waals surface area (Å²) < 4.78 is 0. The van der Waals surface area contributed by atoms with Crippen molar-refractivity contribution in [3.63, 3.8) is 0 Å². The standard InChI is InChI=1S/C21H21N3O3/c1-12(2)15-7-5-14(6-8-15)11-24-17-9-4-13(3)10-16(17)21(19(24)26)18(25)22-20(27)23-21/h4-10,12H,11H2,1-3H3,(H2,22,23,25,27). The summed E-state index contributed by atoms with van der Waals surface area (Å²) in [6, 6.07) is 13.0. The first kappa shape index (κ1) is 17.3. The van der Waals surface area contributed by atoms with Crippen molar-refractivity contribution >= 4 is 23.5 Å². The molecule has 0 aromatic heterocycles. The van der Waals surface area contributed by atoms with Crippen LogP contribution in [-0.4, -0.2) is 17.8 Å². The molecule has 0 aliphatic carbocycles. The number of rotatable bonds is 3. The fraction of sp³-hybridized carbons (Fsp3) is 0.286. The van der Waals surface area contributed by atoms with Crippen molar-refractivity contribution in [1.82, 2.24) is 10.6 Å². The van der Waals surface area contributed by atoms with Gasteiger partial charge in [0.25, 0.3) is 11.8 Å². The molecule has 2 aromatic rings. The number of anilines is 1. The van der Waals surface area contributed by atoms with Crippen molar-refractivity contribution in [1.29, 1.82) is 0 Å². The van der Waals surface area contributed by atoms with Gasteiger partial charge in [0.05, 0.1) is 12.2 Å². The van der Waals surface area contributed by atoms with Gasteiger partial charge in [0.2, 0.25) is 5.54 Å². The Labute approximate surface area is 157 Å². The van der Waals surface area contributed by atoms with Gasteiger partial charge in [-0.3, -0.25) is 14.9 Å². The minimum Gasteiger partial charge on any atom is -0.312 e. The first-order valence-electron chi connectivity index (χ1n) is 8.98. The molecule has 27 heavy (non-hydrogen) atoms. The third kappa shape index (κ3) is 2.51. The highest BCUT2D eigenvalue weighted by Crippen LogP contribution is 2.43. The second-order valence-corrected chi connectivity index (χ2v) is 7.47. The van der Waals surface area contributed by atoms with E-state index >= 15 is 0 Å². The van der Waals surface area contributed by atoms with Crippen molar-refractivity contribution in [3.8, 4) is 0 Å². The number of hydrogen-bond donors (Lipinski definition) is 2. The molecule has 2 aliphatic rings. The van der Waals surface area contributed by atoms with Gasteiger partial charge in [-0.15, -0.1) is 0 Å². The van der Waals surface area contributed by atoms with E-state index in [2.05, 4.69) is 36.6 Å². The Hall–Kier alpha value is -3.15. The maximum absolute atomic E-state index is 13.3. The molecular formula is C21H21N3O3. The Kier molecular flexibility index (Phi) is 3.80. The van der Waals surface area contributed by atoms with E-state index in [0.717, 1.165) is 11.1 Å². The normalized spacial score (nSPS) is 21.0. The summed E-state index contributed by atoms with van der Waals surface area (Å²) in [7, 11) is 0. The smallest absolute Gasteiger partial charge is 0.312 e. The molecule has 1 fully saturated rings. The number of nitrogens with zero attached hydrogens (tertiary/aromatic N) is 1. The van der Waals surface area contributed by atoms with Crippen LogP contribution >= 0.6 is 0 Å². The van der Waals surface area contributed by atoms with Crippen molar-refractivity contribution < 1.29 is 14.4 Å². The van der Waals surface area contributed by atoms with Gasteiger partial charge in [-0.25, -0.2) is 4.79 Å². The minimum atomic E-state index is -1.67. The van der Waals surface area contributed by atoms with Gasteiger partial charge >= 0.3 is 6.03 Å². The fourth-order valence-corrected chi connectivity index (χ4v) is 3.76. The molecule has 138 valence electrons. The molecular weight excluding hydrogens is 342 g/mol. The van der Waals surface area contributed by atoms with Crippen LogP contribution in [0.25, 0.3) is 0 Å². The van der Waals surface area contributed by atoms with Crippen LogP contribution in [-0.2, 0) is 21.7 Å². The molecule has 4 rings (SSSR count). The van der Waals surface area contributed by atoms with Gasteiger partial charge < -0.3 is 10.2 Å². The number of nitrogens with one attached hydrogen (secondary N) is 2. The second-order valence-electron chi connectivity index (χ2n) is 7.47. The average molecular weight is 363 g/mol. The predicted octanol–water partition coefficient (Wildman–Crippen LogP) is 2.70. The fourth-order valence-electron chi connectivity index (χ4n) is 3.76. The minimum absolute atomic E-state index is 0.332. The summed E-state index contributed by atoms with van der Waals surface area (Å²) in [6.07, 6.45) is 0. The van der Waals surface area contributed by atoms with Crippen molar-refractivity contribution in [2.45, 2.75) is 38.8 Å². The highest BCUT2D eigenvalue weighted by molar-refractivity contribution is 6.27. The molecule has 6 nitrogen and oxygen atoms in total. The number of fused-ring (bicyclic) bond motifs is 2. The topological polar surface area (TPSA) is 78.5 Å². The van der Waals surface area contributed by atoms with Crippen LogP contribution in [0.1, 0.15) is 42.0 Å². The molecule has 1 saturated heterocycles. The van der Waals surface area contributed by atoms with Gasteiger partial charge in [-0.2, -0.15) is 0 Å². The van der Waals surface area contributed by atoms with Crippen LogP contribution in [0.5, 0.6) is 0 Å². The first-order chi connectivity index (χ1) is 12.8. The largest absolute Gasteiger partial charge is 0.323 e. The van der Waals surface area contributed by atoms with Gasteiger partial charge in [0.15, 0.2) is 0 Å². The summed E-state index contributed by atoms with van der Waals surface area (Å²) in [5.74, 6) is -0.627. The number of benzene rings is 2. The van der Waals surface area contributed by atoms with E-state index in [9.17, 15) is 14.4 Å².